The molecule has 9 heavy (non-hydrogen) atoms. The molecule has 0 aromatic rings. The van der Waals surface area contributed by atoms with Crippen LogP contribution in [0.2, 0.25) is 25.0 Å². The van der Waals surface area contributed by atoms with Crippen molar-refractivity contribution in [1.82, 2.24) is 0 Å². The van der Waals surface area contributed by atoms with Crippen LogP contribution in [0.4, 0.5) is 0 Å². The number of hydrogen-bond donors (Lipinski definition) is 0. The lowest BCUT2D eigenvalue weighted by Crippen LogP contribution is -2.04. The molecule has 0 saturated carbocycles. The summed E-state index contributed by atoms with van der Waals surface area (Å²) < 4.78 is 0. The van der Waals surface area contributed by atoms with Crippen molar-refractivity contribution in [2.45, 2.75) is 45.7 Å². The Bertz CT molecular complexity index is 30.4. The zero-order chi connectivity index (χ0) is 7.70. The van der Waals surface area contributed by atoms with Crippen LogP contribution in [0.1, 0.15) is 20.8 Å². The highest BCUT2D eigenvalue weighted by Gasteiger charge is 1.98. The molecule has 0 saturated heterocycles. The lowest BCUT2D eigenvalue weighted by atomic mass is 10.2. The number of hydrogen-bond acceptors (Lipinski definition) is 0. The summed E-state index contributed by atoms with van der Waals surface area (Å²) in [6.07, 6.45) is 0. The summed E-state index contributed by atoms with van der Waals surface area (Å²) in [5.41, 5.74) is 0. The van der Waals surface area contributed by atoms with Gasteiger partial charge in [0.25, 0.3) is 0 Å². The molecule has 0 fully saturated rings. The first-order valence-corrected chi connectivity index (χ1v) is 6.30. The van der Waals surface area contributed by atoms with E-state index in [0.29, 0.717) is 0 Å². The maximum Gasteiger partial charge on any atom is 0.0973 e. The molecule has 0 aromatic heterocycles. The predicted molar refractivity (Wildman–Crippen MR) is 51.6 cm³/mol. The molecule has 0 rings (SSSR count). The predicted octanol–water partition coefficient (Wildman–Crippen LogP) is 2.21. The Balaban J connectivity index is 0. The van der Waals surface area contributed by atoms with Crippen LogP contribution >= 0.6 is 0 Å². The Kier molecular flexibility index (Phi) is 14.8. The largest absolute Gasteiger partial charge is 0.0973 e. The summed E-state index contributed by atoms with van der Waals surface area (Å²) in [6.45, 7) is 8.92. The molecule has 0 aromatic carbocycles. The van der Waals surface area contributed by atoms with Gasteiger partial charge in [-0.2, -0.15) is 0 Å². The first-order valence-electron chi connectivity index (χ1n) is 4.18. The standard InChI is InChI=1S/C6H15Si.CH5B/c1-4-7(5-2)6-3;1-2/h4-6H2,1-3H3;2H2,1H3. The Morgan fingerprint density at radius 1 is 0.889 bits per heavy atom. The highest BCUT2D eigenvalue weighted by molar-refractivity contribution is 6.58. The molecule has 0 spiro atoms. The van der Waals surface area contributed by atoms with E-state index in [4.69, 9.17) is 0 Å². The molecule has 0 aliphatic rings. The fraction of sp³-hybridized carbons (Fsp3) is 1.00. The van der Waals surface area contributed by atoms with Crippen LogP contribution in [0.25, 0.3) is 0 Å². The second-order valence-electron chi connectivity index (χ2n) is 1.81. The van der Waals surface area contributed by atoms with Gasteiger partial charge < -0.3 is 0 Å². The van der Waals surface area contributed by atoms with Crippen LogP contribution in [-0.2, 0) is 0 Å². The topological polar surface area (TPSA) is 0 Å². The van der Waals surface area contributed by atoms with Crippen LogP contribution in [0.3, 0.4) is 0 Å². The highest BCUT2D eigenvalue weighted by Crippen LogP contribution is 2.01. The smallest absolute Gasteiger partial charge is 0.0927 e. The van der Waals surface area contributed by atoms with Crippen molar-refractivity contribution in [3.05, 3.63) is 0 Å². The maximum atomic E-state index is 2.31. The summed E-state index contributed by atoms with van der Waals surface area (Å²) in [4.78, 5) is 0. The Hall–Kier alpha value is 0.282. The van der Waals surface area contributed by atoms with E-state index < -0.39 is 0 Å². The quantitative estimate of drug-likeness (QED) is 0.531. The minimum Gasteiger partial charge on any atom is -0.0927 e. The van der Waals surface area contributed by atoms with Crippen molar-refractivity contribution >= 4 is 16.6 Å². The second-order valence-corrected chi connectivity index (χ2v) is 5.43. The molecule has 55 valence electrons. The monoisotopic (exact) mass is 143 g/mol. The van der Waals surface area contributed by atoms with E-state index in [0.717, 1.165) is 0 Å². The lowest BCUT2D eigenvalue weighted by molar-refractivity contribution is 1.24. The van der Waals surface area contributed by atoms with Gasteiger partial charge in [-0.15, -0.1) is 0 Å². The van der Waals surface area contributed by atoms with Gasteiger partial charge in [0.2, 0.25) is 0 Å². The molecule has 0 unspecified atom stereocenters. The molecule has 2 heteroatoms. The molecule has 0 atom stereocenters. The average Bonchev–Trinajstić information content (AvgIpc) is 1.96. The van der Waals surface area contributed by atoms with Crippen molar-refractivity contribution in [2.75, 3.05) is 0 Å². The van der Waals surface area contributed by atoms with Crippen LogP contribution in [-0.4, -0.2) is 16.6 Å². The summed E-state index contributed by atoms with van der Waals surface area (Å²) in [7, 11) is 2.14. The zero-order valence-corrected chi connectivity index (χ0v) is 8.62. The van der Waals surface area contributed by atoms with Gasteiger partial charge in [-0.25, -0.2) is 0 Å². The van der Waals surface area contributed by atoms with E-state index in [2.05, 4.69) is 20.8 Å². The first kappa shape index (κ1) is 12.0. The van der Waals surface area contributed by atoms with Crippen molar-refractivity contribution in [3.8, 4) is 0 Å². The molecule has 0 heterocycles. The molecule has 0 N–H and O–H groups in total. The molecular formula is C7H20BSi. The maximum absolute atomic E-state index is 2.31. The van der Waals surface area contributed by atoms with Crippen molar-refractivity contribution in [3.63, 3.8) is 0 Å². The minimum atomic E-state index is 0.137. The van der Waals surface area contributed by atoms with E-state index in [-0.39, 0.29) is 8.80 Å². The third kappa shape index (κ3) is 8.28. The molecule has 0 amide bonds. The molecule has 0 nitrogen and oxygen atoms in total. The third-order valence-electron chi connectivity index (χ3n) is 1.50. The average molecular weight is 143 g/mol. The molecule has 0 bridgehead atoms. The summed E-state index contributed by atoms with van der Waals surface area (Å²) in [5.74, 6) is 0. The molecule has 0 aliphatic heterocycles. The Morgan fingerprint density at radius 2 is 1.11 bits per heavy atom. The van der Waals surface area contributed by atoms with Crippen LogP contribution < -0.4 is 0 Å². The van der Waals surface area contributed by atoms with E-state index in [9.17, 15) is 0 Å². The van der Waals surface area contributed by atoms with Gasteiger partial charge in [0.1, 0.15) is 0 Å². The minimum absolute atomic E-state index is 0.137. The zero-order valence-electron chi connectivity index (χ0n) is 7.62. The van der Waals surface area contributed by atoms with E-state index in [1.165, 1.54) is 18.1 Å². The second kappa shape index (κ2) is 11.1. The molecule has 0 aliphatic carbocycles. The van der Waals surface area contributed by atoms with Gasteiger partial charge >= 0.3 is 0 Å². The lowest BCUT2D eigenvalue weighted by Gasteiger charge is -2.02. The summed E-state index contributed by atoms with van der Waals surface area (Å²) in [5, 5.41) is 0. The Morgan fingerprint density at radius 3 is 1.11 bits per heavy atom. The van der Waals surface area contributed by atoms with E-state index >= 15 is 0 Å². The van der Waals surface area contributed by atoms with Crippen LogP contribution in [0.5, 0.6) is 0 Å². The SMILES string of the molecule is BC.CC[Si](CC)CC. The van der Waals surface area contributed by atoms with Crippen LogP contribution in [0.15, 0.2) is 0 Å². The fourth-order valence-corrected chi connectivity index (χ4v) is 2.25. The van der Waals surface area contributed by atoms with Gasteiger partial charge in [-0.05, 0) is 0 Å². The van der Waals surface area contributed by atoms with E-state index in [1.807, 2.05) is 14.7 Å². The first-order chi connectivity index (χ1) is 4.35. The van der Waals surface area contributed by atoms with Gasteiger partial charge in [0, 0.05) is 8.80 Å². The van der Waals surface area contributed by atoms with Gasteiger partial charge in [0.05, 0.1) is 7.85 Å². The van der Waals surface area contributed by atoms with Gasteiger partial charge in [-0.1, -0.05) is 45.7 Å². The Labute approximate surface area is 63.1 Å². The van der Waals surface area contributed by atoms with Crippen molar-refractivity contribution < 1.29 is 0 Å². The normalized spacial score (nSPS) is 8.56. The summed E-state index contributed by atoms with van der Waals surface area (Å²) >= 11 is 0. The highest BCUT2D eigenvalue weighted by atomic mass is 28.3. The third-order valence-corrected chi connectivity index (χ3v) is 4.50. The molecular weight excluding hydrogens is 123 g/mol. The van der Waals surface area contributed by atoms with E-state index in [1.54, 1.807) is 0 Å². The molecule has 1 radical (unpaired) electrons. The van der Waals surface area contributed by atoms with Crippen molar-refractivity contribution in [1.29, 1.82) is 0 Å². The van der Waals surface area contributed by atoms with Gasteiger partial charge in [-0.3, -0.25) is 0 Å². The fourth-order valence-electron chi connectivity index (χ4n) is 0.750. The summed E-state index contributed by atoms with van der Waals surface area (Å²) in [6, 6.07) is 4.37. The van der Waals surface area contributed by atoms with Gasteiger partial charge in [0.15, 0.2) is 0 Å². The van der Waals surface area contributed by atoms with Crippen molar-refractivity contribution in [2.24, 2.45) is 0 Å². The van der Waals surface area contributed by atoms with Crippen LogP contribution in [0, 0.1) is 0 Å². The number of rotatable bonds is 3.